The van der Waals surface area contributed by atoms with Crippen molar-refractivity contribution in [2.45, 2.75) is 46.2 Å². The van der Waals surface area contributed by atoms with E-state index in [0.29, 0.717) is 13.0 Å². The first-order valence-electron chi connectivity index (χ1n) is 9.22. The predicted octanol–water partition coefficient (Wildman–Crippen LogP) is 2.99. The molecule has 0 aliphatic rings. The lowest BCUT2D eigenvalue weighted by Gasteiger charge is -2.21. The molecule has 8 nitrogen and oxygen atoms in total. The zero-order valence-corrected chi connectivity index (χ0v) is 16.5. The van der Waals surface area contributed by atoms with Crippen LogP contribution < -0.4 is 5.32 Å². The summed E-state index contributed by atoms with van der Waals surface area (Å²) in [6, 6.07) is 5.94. The van der Waals surface area contributed by atoms with Gasteiger partial charge in [0.1, 0.15) is 12.2 Å². The van der Waals surface area contributed by atoms with Crippen molar-refractivity contribution in [3.63, 3.8) is 0 Å². The van der Waals surface area contributed by atoms with E-state index in [1.165, 1.54) is 0 Å². The first-order valence-corrected chi connectivity index (χ1v) is 9.22. The van der Waals surface area contributed by atoms with Crippen LogP contribution in [-0.2, 0) is 6.42 Å². The Morgan fingerprint density at radius 1 is 1.33 bits per heavy atom. The van der Waals surface area contributed by atoms with E-state index < -0.39 is 0 Å². The molecule has 3 rings (SSSR count). The van der Waals surface area contributed by atoms with Crippen LogP contribution >= 0.6 is 0 Å². The number of aromatic nitrogens is 5. The average molecular weight is 369 g/mol. The summed E-state index contributed by atoms with van der Waals surface area (Å²) < 4.78 is 1.96. The Balaban J connectivity index is 1.58. The largest absolute Gasteiger partial charge is 0.342 e. The van der Waals surface area contributed by atoms with Gasteiger partial charge in [-0.05, 0) is 39.3 Å². The van der Waals surface area contributed by atoms with Crippen LogP contribution in [0.2, 0.25) is 0 Å². The summed E-state index contributed by atoms with van der Waals surface area (Å²) in [4.78, 5) is 22.1. The minimum absolute atomic E-state index is 0.145. The van der Waals surface area contributed by atoms with Gasteiger partial charge < -0.3 is 19.8 Å². The van der Waals surface area contributed by atoms with Crippen molar-refractivity contribution >= 4 is 17.1 Å². The van der Waals surface area contributed by atoms with Gasteiger partial charge in [0, 0.05) is 26.1 Å². The lowest BCUT2D eigenvalue weighted by atomic mass is 10.2. The maximum Gasteiger partial charge on any atom is 0.317 e. The summed E-state index contributed by atoms with van der Waals surface area (Å²) in [5.74, 6) is 1.63. The van der Waals surface area contributed by atoms with Gasteiger partial charge in [0.2, 0.25) is 0 Å². The molecule has 2 N–H and O–H groups in total. The van der Waals surface area contributed by atoms with Crippen molar-refractivity contribution in [1.29, 1.82) is 0 Å². The van der Waals surface area contributed by atoms with Crippen LogP contribution in [0, 0.1) is 6.92 Å². The molecule has 0 saturated carbocycles. The molecule has 0 saturated heterocycles. The summed E-state index contributed by atoms with van der Waals surface area (Å²) >= 11 is 0. The Morgan fingerprint density at radius 2 is 2.11 bits per heavy atom. The van der Waals surface area contributed by atoms with Gasteiger partial charge in [0.25, 0.3) is 0 Å². The van der Waals surface area contributed by atoms with Crippen molar-refractivity contribution in [2.24, 2.45) is 0 Å². The third-order valence-electron chi connectivity index (χ3n) is 4.68. The number of likely N-dealkylation sites (N-methyl/N-ethyl adjacent to an activating group) is 1. The minimum atomic E-state index is -0.223. The molecule has 0 aliphatic carbocycles. The molecule has 1 atom stereocenters. The normalized spacial score (nSPS) is 12.5. The van der Waals surface area contributed by atoms with E-state index in [2.05, 4.69) is 39.3 Å². The van der Waals surface area contributed by atoms with Crippen LogP contribution in [0.25, 0.3) is 11.0 Å². The quantitative estimate of drug-likeness (QED) is 0.699. The summed E-state index contributed by atoms with van der Waals surface area (Å²) in [5.41, 5.74) is 3.16. The summed E-state index contributed by atoms with van der Waals surface area (Å²) in [5, 5.41) is 11.1. The van der Waals surface area contributed by atoms with E-state index in [0.717, 1.165) is 28.2 Å². The van der Waals surface area contributed by atoms with Crippen LogP contribution in [0.4, 0.5) is 4.79 Å². The van der Waals surface area contributed by atoms with Gasteiger partial charge in [0.05, 0.1) is 17.1 Å². The van der Waals surface area contributed by atoms with E-state index in [1.54, 1.807) is 18.3 Å². The number of hydrogen-bond acceptors (Lipinski definition) is 4. The number of amides is 2. The van der Waals surface area contributed by atoms with E-state index in [4.69, 9.17) is 0 Å². The molecule has 27 heavy (non-hydrogen) atoms. The van der Waals surface area contributed by atoms with Gasteiger partial charge >= 0.3 is 6.03 Å². The highest BCUT2D eigenvalue weighted by atomic mass is 16.2. The number of rotatable bonds is 6. The molecular weight excluding hydrogens is 342 g/mol. The first-order chi connectivity index (χ1) is 12.9. The Kier molecular flexibility index (Phi) is 5.43. The molecule has 144 valence electrons. The molecule has 3 aromatic rings. The zero-order valence-electron chi connectivity index (χ0n) is 16.5. The predicted molar refractivity (Wildman–Crippen MR) is 105 cm³/mol. The van der Waals surface area contributed by atoms with E-state index >= 15 is 0 Å². The van der Waals surface area contributed by atoms with Crippen molar-refractivity contribution in [3.05, 3.63) is 41.7 Å². The number of carbonyl (C=O) groups is 1. The molecule has 0 unspecified atom stereocenters. The second kappa shape index (κ2) is 7.77. The molecule has 0 radical (unpaired) electrons. The fourth-order valence-corrected chi connectivity index (χ4v) is 3.04. The number of imidazole rings is 1. The maximum atomic E-state index is 12.5. The highest BCUT2D eigenvalue weighted by Crippen LogP contribution is 2.16. The third-order valence-corrected chi connectivity index (χ3v) is 4.68. The fraction of sp³-hybridized carbons (Fsp3) is 0.474. The second-order valence-corrected chi connectivity index (χ2v) is 7.19. The molecule has 8 heteroatoms. The number of para-hydroxylation sites is 1. The molecule has 0 fully saturated rings. The Labute approximate surface area is 159 Å². The number of nitrogens with one attached hydrogen (secondary N) is 2. The lowest BCUT2D eigenvalue weighted by molar-refractivity contribution is 0.205. The molecule has 1 aromatic carbocycles. The molecule has 0 bridgehead atoms. The van der Waals surface area contributed by atoms with Crippen molar-refractivity contribution in [1.82, 2.24) is 34.9 Å². The number of fused-ring (bicyclic) bond motifs is 1. The van der Waals surface area contributed by atoms with Gasteiger partial charge in [0.15, 0.2) is 5.82 Å². The summed E-state index contributed by atoms with van der Waals surface area (Å²) in [6.45, 7) is 8.64. The smallest absolute Gasteiger partial charge is 0.317 e. The van der Waals surface area contributed by atoms with Crippen LogP contribution in [0.1, 0.15) is 50.1 Å². The number of benzene rings is 1. The lowest BCUT2D eigenvalue weighted by Crippen LogP contribution is -2.40. The standard InChI is InChI=1S/C19H27N7O/c1-12(2)26-11-20-24-18(26)14(4)21-19(27)25(5)10-9-16-22-15-8-6-7-13(3)17(15)23-16/h6-8,11-12,14H,9-10H2,1-5H3,(H,21,27)(H,22,23)/t14-/m1/s1. The van der Waals surface area contributed by atoms with Crippen molar-refractivity contribution in [3.8, 4) is 0 Å². The Morgan fingerprint density at radius 3 is 2.81 bits per heavy atom. The zero-order chi connectivity index (χ0) is 19.6. The highest BCUT2D eigenvalue weighted by Gasteiger charge is 2.19. The molecule has 2 heterocycles. The van der Waals surface area contributed by atoms with Gasteiger partial charge in [-0.3, -0.25) is 0 Å². The number of nitrogens with zero attached hydrogens (tertiary/aromatic N) is 5. The van der Waals surface area contributed by atoms with Crippen LogP contribution in [0.3, 0.4) is 0 Å². The second-order valence-electron chi connectivity index (χ2n) is 7.19. The third kappa shape index (κ3) is 4.10. The van der Waals surface area contributed by atoms with Gasteiger partial charge in [-0.25, -0.2) is 9.78 Å². The van der Waals surface area contributed by atoms with Crippen LogP contribution in [0.5, 0.6) is 0 Å². The molecule has 2 amide bonds. The van der Waals surface area contributed by atoms with Crippen LogP contribution in [-0.4, -0.2) is 49.3 Å². The summed E-state index contributed by atoms with van der Waals surface area (Å²) in [7, 11) is 1.78. The number of carbonyl (C=O) groups excluding carboxylic acids is 1. The van der Waals surface area contributed by atoms with E-state index in [1.807, 2.05) is 36.6 Å². The monoisotopic (exact) mass is 369 g/mol. The number of hydrogen-bond donors (Lipinski definition) is 2. The SMILES string of the molecule is Cc1cccc2[nH]c(CCN(C)C(=O)N[C@H](C)c3nncn3C(C)C)nc12. The number of aryl methyl sites for hydroxylation is 1. The highest BCUT2D eigenvalue weighted by molar-refractivity contribution is 5.78. The molecule has 0 spiro atoms. The average Bonchev–Trinajstić information content (AvgIpc) is 3.27. The van der Waals surface area contributed by atoms with Gasteiger partial charge in [-0.2, -0.15) is 0 Å². The van der Waals surface area contributed by atoms with E-state index in [9.17, 15) is 4.79 Å². The molecule has 0 aliphatic heterocycles. The maximum absolute atomic E-state index is 12.5. The minimum Gasteiger partial charge on any atom is -0.342 e. The van der Waals surface area contributed by atoms with E-state index in [-0.39, 0.29) is 18.1 Å². The van der Waals surface area contributed by atoms with Gasteiger partial charge in [-0.1, -0.05) is 12.1 Å². The Hall–Kier alpha value is -2.90. The Bertz CT molecular complexity index is 927. The number of H-pyrrole nitrogens is 1. The van der Waals surface area contributed by atoms with Crippen LogP contribution in [0.15, 0.2) is 24.5 Å². The topological polar surface area (TPSA) is 91.7 Å². The molecular formula is C19H27N7O. The first kappa shape index (κ1) is 18.9. The van der Waals surface area contributed by atoms with Gasteiger partial charge in [-0.15, -0.1) is 10.2 Å². The fourth-order valence-electron chi connectivity index (χ4n) is 3.04. The van der Waals surface area contributed by atoms with Crippen molar-refractivity contribution in [2.75, 3.05) is 13.6 Å². The van der Waals surface area contributed by atoms with Crippen molar-refractivity contribution < 1.29 is 4.79 Å². The summed E-state index contributed by atoms with van der Waals surface area (Å²) in [6.07, 6.45) is 2.35. The number of urea groups is 1. The number of aromatic amines is 1. The molecule has 2 aromatic heterocycles.